The van der Waals surface area contributed by atoms with E-state index in [0.717, 1.165) is 5.92 Å². The van der Waals surface area contributed by atoms with Gasteiger partial charge in [0.05, 0.1) is 0 Å². The minimum atomic E-state index is 0.515. The molecule has 1 heterocycles. The second-order valence-electron chi connectivity index (χ2n) is 6.10. The van der Waals surface area contributed by atoms with Gasteiger partial charge in [-0.1, -0.05) is 26.7 Å². The van der Waals surface area contributed by atoms with E-state index in [0.29, 0.717) is 11.6 Å². The van der Waals surface area contributed by atoms with Crippen molar-refractivity contribution in [3.8, 4) is 0 Å². The fourth-order valence-electron chi connectivity index (χ4n) is 3.43. The highest BCUT2D eigenvalue weighted by molar-refractivity contribution is 7.98. The SMILES string of the molecule is CSCCN1CC(C(C)C)NCC12CCCC2. The molecule has 1 saturated carbocycles. The van der Waals surface area contributed by atoms with Crippen LogP contribution in [0, 0.1) is 5.92 Å². The highest BCUT2D eigenvalue weighted by atomic mass is 32.2. The topological polar surface area (TPSA) is 15.3 Å². The third-order valence-electron chi connectivity index (χ3n) is 4.69. The molecule has 100 valence electrons. The number of piperazine rings is 1. The molecule has 0 radical (unpaired) electrons. The molecule has 17 heavy (non-hydrogen) atoms. The molecule has 1 saturated heterocycles. The average molecular weight is 256 g/mol. The summed E-state index contributed by atoms with van der Waals surface area (Å²) in [6, 6.07) is 0.697. The largest absolute Gasteiger partial charge is 0.311 e. The average Bonchev–Trinajstić information content (AvgIpc) is 2.77. The van der Waals surface area contributed by atoms with E-state index >= 15 is 0 Å². The lowest BCUT2D eigenvalue weighted by atomic mass is 9.88. The van der Waals surface area contributed by atoms with Crippen LogP contribution in [-0.4, -0.2) is 48.1 Å². The normalized spacial score (nSPS) is 29.3. The second-order valence-corrected chi connectivity index (χ2v) is 7.09. The summed E-state index contributed by atoms with van der Waals surface area (Å²) >= 11 is 1.98. The molecule has 0 aromatic heterocycles. The highest BCUT2D eigenvalue weighted by Crippen LogP contribution is 2.37. The monoisotopic (exact) mass is 256 g/mol. The Kier molecular flexibility index (Phi) is 4.79. The molecule has 2 rings (SSSR count). The van der Waals surface area contributed by atoms with Crippen LogP contribution in [0.25, 0.3) is 0 Å². The van der Waals surface area contributed by atoms with Crippen molar-refractivity contribution in [2.45, 2.75) is 51.1 Å². The Morgan fingerprint density at radius 1 is 1.35 bits per heavy atom. The van der Waals surface area contributed by atoms with Gasteiger partial charge in [-0.2, -0.15) is 11.8 Å². The molecule has 0 bridgehead atoms. The van der Waals surface area contributed by atoms with Crippen LogP contribution in [0.15, 0.2) is 0 Å². The molecule has 2 nitrogen and oxygen atoms in total. The number of thioether (sulfide) groups is 1. The standard InChI is InChI=1S/C14H28N2S/c1-12(2)13-10-16(8-9-17-3)14(11-15-13)6-4-5-7-14/h12-13,15H,4-11H2,1-3H3. The third-order valence-corrected chi connectivity index (χ3v) is 5.28. The number of hydrogen-bond acceptors (Lipinski definition) is 3. The van der Waals surface area contributed by atoms with Crippen LogP contribution in [0.1, 0.15) is 39.5 Å². The molecule has 2 aliphatic rings. The number of hydrogen-bond donors (Lipinski definition) is 1. The molecule has 1 atom stereocenters. The van der Waals surface area contributed by atoms with E-state index in [1.165, 1.54) is 51.1 Å². The first kappa shape index (κ1) is 13.7. The van der Waals surface area contributed by atoms with Crippen LogP contribution in [0.3, 0.4) is 0 Å². The molecular formula is C14H28N2S. The number of nitrogens with one attached hydrogen (secondary N) is 1. The van der Waals surface area contributed by atoms with E-state index in [2.05, 4.69) is 30.3 Å². The summed E-state index contributed by atoms with van der Waals surface area (Å²) in [5.41, 5.74) is 0.515. The predicted octanol–water partition coefficient (Wildman–Crippen LogP) is 2.59. The van der Waals surface area contributed by atoms with E-state index in [-0.39, 0.29) is 0 Å². The van der Waals surface area contributed by atoms with Gasteiger partial charge in [-0.25, -0.2) is 0 Å². The Morgan fingerprint density at radius 2 is 2.06 bits per heavy atom. The van der Waals surface area contributed by atoms with E-state index in [9.17, 15) is 0 Å². The van der Waals surface area contributed by atoms with Gasteiger partial charge >= 0.3 is 0 Å². The lowest BCUT2D eigenvalue weighted by Gasteiger charge is -2.49. The van der Waals surface area contributed by atoms with Gasteiger partial charge in [0.1, 0.15) is 0 Å². The molecule has 0 aromatic rings. The van der Waals surface area contributed by atoms with E-state index < -0.39 is 0 Å². The minimum absolute atomic E-state index is 0.515. The first-order chi connectivity index (χ1) is 8.18. The zero-order chi connectivity index (χ0) is 12.3. The Bertz CT molecular complexity index is 236. The molecule has 0 amide bonds. The van der Waals surface area contributed by atoms with Gasteiger partial charge in [0.25, 0.3) is 0 Å². The minimum Gasteiger partial charge on any atom is -0.311 e. The van der Waals surface area contributed by atoms with E-state index in [1.807, 2.05) is 11.8 Å². The Hall–Kier alpha value is 0.270. The van der Waals surface area contributed by atoms with Crippen molar-refractivity contribution in [1.29, 1.82) is 0 Å². The molecule has 1 spiro atoms. The molecule has 1 aliphatic heterocycles. The summed E-state index contributed by atoms with van der Waals surface area (Å²) in [5, 5.41) is 3.81. The number of nitrogens with zero attached hydrogens (tertiary/aromatic N) is 1. The molecule has 0 aromatic carbocycles. The van der Waals surface area contributed by atoms with Crippen molar-refractivity contribution >= 4 is 11.8 Å². The molecule has 1 aliphatic carbocycles. The summed E-state index contributed by atoms with van der Waals surface area (Å²) in [5.74, 6) is 2.04. The van der Waals surface area contributed by atoms with Crippen molar-refractivity contribution in [3.05, 3.63) is 0 Å². The van der Waals surface area contributed by atoms with Crippen molar-refractivity contribution in [2.75, 3.05) is 31.6 Å². The summed E-state index contributed by atoms with van der Waals surface area (Å²) in [4.78, 5) is 2.82. The summed E-state index contributed by atoms with van der Waals surface area (Å²) < 4.78 is 0. The third kappa shape index (κ3) is 2.99. The van der Waals surface area contributed by atoms with E-state index in [4.69, 9.17) is 0 Å². The highest BCUT2D eigenvalue weighted by Gasteiger charge is 2.43. The zero-order valence-electron chi connectivity index (χ0n) is 11.7. The Balaban J connectivity index is 2.01. The molecule has 1 N–H and O–H groups in total. The van der Waals surface area contributed by atoms with E-state index in [1.54, 1.807) is 0 Å². The fraction of sp³-hybridized carbons (Fsp3) is 1.00. The Labute approximate surface area is 111 Å². The van der Waals surface area contributed by atoms with Crippen LogP contribution in [-0.2, 0) is 0 Å². The zero-order valence-corrected chi connectivity index (χ0v) is 12.5. The van der Waals surface area contributed by atoms with Crippen molar-refractivity contribution in [2.24, 2.45) is 5.92 Å². The maximum Gasteiger partial charge on any atom is 0.0335 e. The predicted molar refractivity (Wildman–Crippen MR) is 77.8 cm³/mol. The lowest BCUT2D eigenvalue weighted by molar-refractivity contribution is 0.0389. The number of rotatable bonds is 4. The maximum atomic E-state index is 3.81. The van der Waals surface area contributed by atoms with Crippen LogP contribution in [0.4, 0.5) is 0 Å². The smallest absolute Gasteiger partial charge is 0.0335 e. The molecule has 1 unspecified atom stereocenters. The van der Waals surface area contributed by atoms with Crippen molar-refractivity contribution in [1.82, 2.24) is 10.2 Å². The Morgan fingerprint density at radius 3 is 2.65 bits per heavy atom. The summed E-state index contributed by atoms with van der Waals surface area (Å²) in [7, 11) is 0. The molecule has 3 heteroatoms. The van der Waals surface area contributed by atoms with Gasteiger partial charge in [0.15, 0.2) is 0 Å². The second kappa shape index (κ2) is 5.94. The van der Waals surface area contributed by atoms with Gasteiger partial charge in [-0.3, -0.25) is 4.90 Å². The van der Waals surface area contributed by atoms with Gasteiger partial charge < -0.3 is 5.32 Å². The summed E-state index contributed by atoms with van der Waals surface area (Å²) in [6.45, 7) is 8.46. The quantitative estimate of drug-likeness (QED) is 0.832. The van der Waals surface area contributed by atoms with Gasteiger partial charge in [0, 0.05) is 37.0 Å². The lowest BCUT2D eigenvalue weighted by Crippen LogP contribution is -2.64. The maximum absolute atomic E-state index is 3.81. The van der Waals surface area contributed by atoms with Crippen molar-refractivity contribution < 1.29 is 0 Å². The first-order valence-corrected chi connectivity index (χ1v) is 8.55. The van der Waals surface area contributed by atoms with Gasteiger partial charge in [-0.05, 0) is 25.0 Å². The van der Waals surface area contributed by atoms with Crippen LogP contribution in [0.2, 0.25) is 0 Å². The summed E-state index contributed by atoms with van der Waals surface area (Å²) in [6.07, 6.45) is 7.93. The van der Waals surface area contributed by atoms with Gasteiger partial charge in [-0.15, -0.1) is 0 Å². The first-order valence-electron chi connectivity index (χ1n) is 7.15. The molecular weight excluding hydrogens is 228 g/mol. The van der Waals surface area contributed by atoms with Crippen LogP contribution in [0.5, 0.6) is 0 Å². The fourth-order valence-corrected chi connectivity index (χ4v) is 3.83. The van der Waals surface area contributed by atoms with Crippen LogP contribution < -0.4 is 5.32 Å². The van der Waals surface area contributed by atoms with Gasteiger partial charge in [0.2, 0.25) is 0 Å². The molecule has 2 fully saturated rings. The van der Waals surface area contributed by atoms with Crippen LogP contribution >= 0.6 is 11.8 Å². The van der Waals surface area contributed by atoms with Crippen molar-refractivity contribution in [3.63, 3.8) is 0 Å².